The monoisotopic (exact) mass is 324 g/mol. The maximum Gasteiger partial charge on any atom is 0.407 e. The SMILES string of the molecule is C=CCOC(=O)NCC1(c2nc(-c3ccc(C#N)cc3)no2)CC1. The number of alkyl carbamates (subject to hydrolysis) is 1. The maximum absolute atomic E-state index is 11.5. The molecule has 0 atom stereocenters. The van der Waals surface area contributed by atoms with E-state index in [4.69, 9.17) is 14.5 Å². The summed E-state index contributed by atoms with van der Waals surface area (Å²) in [5.41, 5.74) is 1.03. The number of nitrogens with one attached hydrogen (secondary N) is 1. The Balaban J connectivity index is 1.67. The van der Waals surface area contributed by atoms with Gasteiger partial charge in [0.05, 0.1) is 17.0 Å². The Labute approximate surface area is 138 Å². The zero-order valence-corrected chi connectivity index (χ0v) is 13.0. The third-order valence-electron chi connectivity index (χ3n) is 3.91. The molecule has 1 aromatic carbocycles. The van der Waals surface area contributed by atoms with Gasteiger partial charge in [0.15, 0.2) is 0 Å². The fourth-order valence-corrected chi connectivity index (χ4v) is 2.29. The Kier molecular flexibility index (Phi) is 4.29. The predicted molar refractivity (Wildman–Crippen MR) is 84.9 cm³/mol. The number of nitrogens with zero attached hydrogens (tertiary/aromatic N) is 3. The molecule has 0 radical (unpaired) electrons. The zero-order valence-electron chi connectivity index (χ0n) is 13.0. The van der Waals surface area contributed by atoms with Crippen LogP contribution in [-0.2, 0) is 10.2 Å². The number of amides is 1. The summed E-state index contributed by atoms with van der Waals surface area (Å²) in [7, 11) is 0. The smallest absolute Gasteiger partial charge is 0.407 e. The largest absolute Gasteiger partial charge is 0.445 e. The van der Waals surface area contributed by atoms with E-state index in [0.29, 0.717) is 23.8 Å². The summed E-state index contributed by atoms with van der Waals surface area (Å²) in [5, 5.41) is 15.5. The van der Waals surface area contributed by atoms with Crippen LogP contribution in [0, 0.1) is 11.3 Å². The van der Waals surface area contributed by atoms with Crippen LogP contribution in [0.25, 0.3) is 11.4 Å². The molecule has 1 saturated carbocycles. The van der Waals surface area contributed by atoms with E-state index in [1.165, 1.54) is 6.08 Å². The third kappa shape index (κ3) is 3.27. The minimum Gasteiger partial charge on any atom is -0.445 e. The molecule has 0 saturated heterocycles. The van der Waals surface area contributed by atoms with Crippen molar-refractivity contribution >= 4 is 6.09 Å². The Hall–Kier alpha value is -3.14. The molecule has 7 nitrogen and oxygen atoms in total. The minimum atomic E-state index is -0.493. The maximum atomic E-state index is 11.5. The number of rotatable bonds is 6. The highest BCUT2D eigenvalue weighted by molar-refractivity contribution is 5.67. The van der Waals surface area contributed by atoms with Gasteiger partial charge in [-0.15, -0.1) is 0 Å². The van der Waals surface area contributed by atoms with Crippen LogP contribution >= 0.6 is 0 Å². The number of hydrogen-bond donors (Lipinski definition) is 1. The number of benzene rings is 1. The highest BCUT2D eigenvalue weighted by Gasteiger charge is 2.49. The lowest BCUT2D eigenvalue weighted by molar-refractivity contribution is 0.156. The van der Waals surface area contributed by atoms with Crippen LogP contribution < -0.4 is 5.32 Å². The predicted octanol–water partition coefficient (Wildman–Crippen LogP) is 2.55. The first-order valence-corrected chi connectivity index (χ1v) is 7.53. The fourth-order valence-electron chi connectivity index (χ4n) is 2.29. The van der Waals surface area contributed by atoms with Crippen LogP contribution in [0.1, 0.15) is 24.3 Å². The fraction of sp³-hybridized carbons (Fsp3) is 0.294. The first kappa shape index (κ1) is 15.7. The van der Waals surface area contributed by atoms with E-state index >= 15 is 0 Å². The average molecular weight is 324 g/mol. The second-order valence-corrected chi connectivity index (χ2v) is 5.63. The second kappa shape index (κ2) is 6.54. The van der Waals surface area contributed by atoms with Crippen LogP contribution in [0.5, 0.6) is 0 Å². The van der Waals surface area contributed by atoms with Crippen molar-refractivity contribution in [1.29, 1.82) is 5.26 Å². The van der Waals surface area contributed by atoms with Crippen LogP contribution in [0.4, 0.5) is 4.79 Å². The number of carbonyl (C=O) groups excluding carboxylic acids is 1. The number of carbonyl (C=O) groups is 1. The highest BCUT2D eigenvalue weighted by Crippen LogP contribution is 2.47. The molecule has 1 aliphatic carbocycles. The van der Waals surface area contributed by atoms with Crippen molar-refractivity contribution in [2.75, 3.05) is 13.2 Å². The van der Waals surface area contributed by atoms with Gasteiger partial charge in [-0.05, 0) is 37.1 Å². The Morgan fingerprint density at radius 2 is 2.21 bits per heavy atom. The van der Waals surface area contributed by atoms with Crippen molar-refractivity contribution in [2.24, 2.45) is 0 Å². The number of ether oxygens (including phenoxy) is 1. The average Bonchev–Trinajstić information content (AvgIpc) is 3.25. The van der Waals surface area contributed by atoms with Crippen molar-refractivity contribution in [1.82, 2.24) is 15.5 Å². The summed E-state index contributed by atoms with van der Waals surface area (Å²) in [4.78, 5) is 16.0. The van der Waals surface area contributed by atoms with Crippen LogP contribution in [0.3, 0.4) is 0 Å². The molecule has 0 spiro atoms. The summed E-state index contributed by atoms with van der Waals surface area (Å²) in [6.07, 6.45) is 2.75. The van der Waals surface area contributed by atoms with Crippen molar-refractivity contribution in [3.63, 3.8) is 0 Å². The third-order valence-corrected chi connectivity index (χ3v) is 3.91. The molecule has 0 aliphatic heterocycles. The molecule has 1 aliphatic rings. The summed E-state index contributed by atoms with van der Waals surface area (Å²) in [6.45, 7) is 4.04. The minimum absolute atomic E-state index is 0.169. The molecular weight excluding hydrogens is 308 g/mol. The first-order valence-electron chi connectivity index (χ1n) is 7.53. The lowest BCUT2D eigenvalue weighted by Gasteiger charge is -2.11. The molecule has 2 aromatic rings. The van der Waals surface area contributed by atoms with E-state index in [2.05, 4.69) is 28.1 Å². The standard InChI is InChI=1S/C17H16N4O3/c1-2-9-23-16(22)19-11-17(7-8-17)15-20-14(21-24-15)13-5-3-12(10-18)4-6-13/h2-6H,1,7-9,11H2,(H,19,22). The summed E-state index contributed by atoms with van der Waals surface area (Å²) >= 11 is 0. The van der Waals surface area contributed by atoms with Crippen LogP contribution in [0.2, 0.25) is 0 Å². The van der Waals surface area contributed by atoms with E-state index in [1.807, 2.05) is 0 Å². The lowest BCUT2D eigenvalue weighted by Crippen LogP contribution is -2.32. The van der Waals surface area contributed by atoms with Crippen LogP contribution in [0.15, 0.2) is 41.4 Å². The highest BCUT2D eigenvalue weighted by atomic mass is 16.5. The molecule has 1 heterocycles. The molecule has 1 fully saturated rings. The molecule has 0 bridgehead atoms. The van der Waals surface area contributed by atoms with Crippen molar-refractivity contribution in [3.05, 3.63) is 48.4 Å². The number of aromatic nitrogens is 2. The van der Waals surface area contributed by atoms with Gasteiger partial charge in [-0.25, -0.2) is 4.79 Å². The normalized spacial score (nSPS) is 14.5. The van der Waals surface area contributed by atoms with Gasteiger partial charge in [0.1, 0.15) is 6.61 Å². The Morgan fingerprint density at radius 3 is 2.83 bits per heavy atom. The first-order chi connectivity index (χ1) is 11.7. The van der Waals surface area contributed by atoms with Crippen molar-refractivity contribution in [3.8, 4) is 17.5 Å². The van der Waals surface area contributed by atoms with E-state index in [-0.39, 0.29) is 12.0 Å². The van der Waals surface area contributed by atoms with Gasteiger partial charge in [-0.3, -0.25) is 0 Å². The van der Waals surface area contributed by atoms with Gasteiger partial charge in [-0.1, -0.05) is 17.8 Å². The molecule has 3 rings (SSSR count). The lowest BCUT2D eigenvalue weighted by atomic mass is 10.1. The van der Waals surface area contributed by atoms with Crippen molar-refractivity contribution < 1.29 is 14.1 Å². The molecule has 0 unspecified atom stereocenters. The number of hydrogen-bond acceptors (Lipinski definition) is 6. The molecule has 7 heteroatoms. The van der Waals surface area contributed by atoms with E-state index < -0.39 is 6.09 Å². The molecule has 122 valence electrons. The van der Waals surface area contributed by atoms with E-state index in [9.17, 15) is 4.79 Å². The summed E-state index contributed by atoms with van der Waals surface area (Å²) in [6, 6.07) is 9.02. The number of nitriles is 1. The van der Waals surface area contributed by atoms with Gasteiger partial charge in [0.25, 0.3) is 0 Å². The Morgan fingerprint density at radius 1 is 1.46 bits per heavy atom. The molecular formula is C17H16N4O3. The molecule has 1 amide bonds. The molecule has 24 heavy (non-hydrogen) atoms. The van der Waals surface area contributed by atoms with Gasteiger partial charge in [-0.2, -0.15) is 10.2 Å². The molecule has 1 N–H and O–H groups in total. The Bertz CT molecular complexity index is 785. The van der Waals surface area contributed by atoms with Gasteiger partial charge < -0.3 is 14.6 Å². The quantitative estimate of drug-likeness (QED) is 0.819. The van der Waals surface area contributed by atoms with Gasteiger partial charge >= 0.3 is 6.09 Å². The summed E-state index contributed by atoms with van der Waals surface area (Å²) < 4.78 is 10.3. The van der Waals surface area contributed by atoms with Crippen LogP contribution in [-0.4, -0.2) is 29.4 Å². The van der Waals surface area contributed by atoms with E-state index in [1.54, 1.807) is 24.3 Å². The van der Waals surface area contributed by atoms with Gasteiger partial charge in [0, 0.05) is 12.1 Å². The topological polar surface area (TPSA) is 101 Å². The second-order valence-electron chi connectivity index (χ2n) is 5.63. The molecule has 1 aromatic heterocycles. The van der Waals surface area contributed by atoms with E-state index in [0.717, 1.165) is 18.4 Å². The van der Waals surface area contributed by atoms with Gasteiger partial charge in [0.2, 0.25) is 11.7 Å². The van der Waals surface area contributed by atoms with Crippen molar-refractivity contribution in [2.45, 2.75) is 18.3 Å². The summed E-state index contributed by atoms with van der Waals surface area (Å²) in [5.74, 6) is 0.973. The zero-order chi connectivity index (χ0) is 17.0.